The van der Waals surface area contributed by atoms with Crippen molar-refractivity contribution in [2.24, 2.45) is 0 Å². The van der Waals surface area contributed by atoms with Gasteiger partial charge in [0.2, 0.25) is 5.82 Å². The van der Waals surface area contributed by atoms with E-state index >= 15 is 0 Å². The number of rotatable bonds is 7. The summed E-state index contributed by atoms with van der Waals surface area (Å²) in [6.07, 6.45) is 3.04. The standard InChI is InChI=1S/C24H27N5O3Si/c1-24(2,3)33(4,5)32-16-17-6-8-19(9-7-17)27-23-22(29(30)31)11-10-21(28-23)20-15-26-13-12-18(20)14-25/h6-13,15H,16H2,1-5H3,(H,27,28). The van der Waals surface area contributed by atoms with Crippen molar-refractivity contribution < 1.29 is 9.35 Å². The maximum atomic E-state index is 11.5. The second kappa shape index (κ2) is 9.48. The highest BCUT2D eigenvalue weighted by molar-refractivity contribution is 6.74. The second-order valence-electron chi connectivity index (χ2n) is 9.23. The zero-order chi connectivity index (χ0) is 24.2. The Labute approximate surface area is 194 Å². The van der Waals surface area contributed by atoms with Crippen molar-refractivity contribution in [2.45, 2.75) is 45.5 Å². The summed E-state index contributed by atoms with van der Waals surface area (Å²) in [7, 11) is -1.86. The van der Waals surface area contributed by atoms with Crippen LogP contribution in [0.4, 0.5) is 17.2 Å². The van der Waals surface area contributed by atoms with Gasteiger partial charge < -0.3 is 9.74 Å². The Morgan fingerprint density at radius 1 is 1.15 bits per heavy atom. The highest BCUT2D eigenvalue weighted by Crippen LogP contribution is 2.37. The molecule has 3 rings (SSSR count). The number of benzene rings is 1. The van der Waals surface area contributed by atoms with Crippen LogP contribution in [0.3, 0.4) is 0 Å². The third-order valence-corrected chi connectivity index (χ3v) is 10.4. The number of aromatic nitrogens is 2. The number of pyridine rings is 2. The fraction of sp³-hybridized carbons (Fsp3) is 0.292. The zero-order valence-corrected chi connectivity index (χ0v) is 20.4. The summed E-state index contributed by atoms with van der Waals surface area (Å²) in [5.41, 5.74) is 2.85. The van der Waals surface area contributed by atoms with E-state index < -0.39 is 13.2 Å². The molecular formula is C24H27N5O3Si. The monoisotopic (exact) mass is 461 g/mol. The van der Waals surface area contributed by atoms with Crippen molar-refractivity contribution in [1.29, 1.82) is 5.26 Å². The molecule has 1 N–H and O–H groups in total. The van der Waals surface area contributed by atoms with E-state index in [9.17, 15) is 15.4 Å². The van der Waals surface area contributed by atoms with Gasteiger partial charge in [-0.1, -0.05) is 32.9 Å². The molecule has 0 amide bonds. The van der Waals surface area contributed by atoms with Gasteiger partial charge in [-0.15, -0.1) is 0 Å². The van der Waals surface area contributed by atoms with Gasteiger partial charge in [-0.3, -0.25) is 15.1 Å². The van der Waals surface area contributed by atoms with E-state index in [0.29, 0.717) is 29.1 Å². The number of nitro groups is 1. The summed E-state index contributed by atoms with van der Waals surface area (Å²) >= 11 is 0. The number of hydrogen-bond donors (Lipinski definition) is 1. The molecule has 0 atom stereocenters. The molecule has 0 fully saturated rings. The maximum absolute atomic E-state index is 11.5. The average Bonchev–Trinajstić information content (AvgIpc) is 2.77. The Balaban J connectivity index is 1.84. The quantitative estimate of drug-likeness (QED) is 0.253. The summed E-state index contributed by atoms with van der Waals surface area (Å²) in [5, 5.41) is 24.1. The van der Waals surface area contributed by atoms with Crippen molar-refractivity contribution in [1.82, 2.24) is 9.97 Å². The molecular weight excluding hydrogens is 434 g/mol. The van der Waals surface area contributed by atoms with E-state index in [1.165, 1.54) is 24.5 Å². The predicted molar refractivity (Wildman–Crippen MR) is 131 cm³/mol. The van der Waals surface area contributed by atoms with E-state index in [2.05, 4.69) is 55.2 Å². The molecule has 2 aromatic heterocycles. The number of anilines is 2. The minimum absolute atomic E-state index is 0.0931. The fourth-order valence-corrected chi connectivity index (χ4v) is 3.80. The van der Waals surface area contributed by atoms with Gasteiger partial charge in [0.05, 0.1) is 28.9 Å². The Hall–Kier alpha value is -3.61. The lowest BCUT2D eigenvalue weighted by Crippen LogP contribution is -2.40. The van der Waals surface area contributed by atoms with Crippen LogP contribution in [0.25, 0.3) is 11.3 Å². The predicted octanol–water partition coefficient (Wildman–Crippen LogP) is 6.19. The molecule has 0 saturated carbocycles. The zero-order valence-electron chi connectivity index (χ0n) is 19.4. The van der Waals surface area contributed by atoms with Crippen molar-refractivity contribution in [3.05, 3.63) is 76.1 Å². The minimum Gasteiger partial charge on any atom is -0.413 e. The van der Waals surface area contributed by atoms with Crippen molar-refractivity contribution in [3.63, 3.8) is 0 Å². The second-order valence-corrected chi connectivity index (χ2v) is 14.0. The van der Waals surface area contributed by atoms with Gasteiger partial charge in [-0.25, -0.2) is 4.98 Å². The lowest BCUT2D eigenvalue weighted by molar-refractivity contribution is -0.384. The molecule has 1 aromatic carbocycles. The smallest absolute Gasteiger partial charge is 0.311 e. The molecule has 0 aliphatic carbocycles. The summed E-state index contributed by atoms with van der Waals surface area (Å²) in [5.74, 6) is 0.0931. The van der Waals surface area contributed by atoms with Crippen molar-refractivity contribution in [2.75, 3.05) is 5.32 Å². The van der Waals surface area contributed by atoms with Crippen LogP contribution >= 0.6 is 0 Å². The van der Waals surface area contributed by atoms with Gasteiger partial charge in [-0.2, -0.15) is 5.26 Å². The maximum Gasteiger partial charge on any atom is 0.311 e. The number of nitriles is 1. The van der Waals surface area contributed by atoms with Crippen LogP contribution in [0, 0.1) is 21.4 Å². The number of nitrogens with one attached hydrogen (secondary N) is 1. The van der Waals surface area contributed by atoms with Crippen LogP contribution in [0.2, 0.25) is 18.1 Å². The van der Waals surface area contributed by atoms with Crippen LogP contribution in [-0.2, 0) is 11.0 Å². The van der Waals surface area contributed by atoms with Crippen LogP contribution in [0.15, 0.2) is 54.9 Å². The third kappa shape index (κ3) is 5.60. The first-order chi connectivity index (χ1) is 15.5. The first kappa shape index (κ1) is 24.0. The van der Waals surface area contributed by atoms with Gasteiger partial charge >= 0.3 is 5.69 Å². The molecule has 33 heavy (non-hydrogen) atoms. The van der Waals surface area contributed by atoms with Gasteiger partial charge in [-0.05, 0) is 48.0 Å². The Morgan fingerprint density at radius 2 is 1.85 bits per heavy atom. The molecule has 2 heterocycles. The van der Waals surface area contributed by atoms with E-state index in [1.807, 2.05) is 24.3 Å². The molecule has 170 valence electrons. The molecule has 0 radical (unpaired) electrons. The fourth-order valence-electron chi connectivity index (χ4n) is 2.84. The lowest BCUT2D eigenvalue weighted by atomic mass is 10.1. The highest BCUT2D eigenvalue weighted by atomic mass is 28.4. The molecule has 0 aliphatic heterocycles. The summed E-state index contributed by atoms with van der Waals surface area (Å²) in [4.78, 5) is 19.5. The number of nitrogens with zero attached hydrogens (tertiary/aromatic N) is 4. The molecule has 0 spiro atoms. The Kier molecular flexibility index (Phi) is 6.91. The lowest BCUT2D eigenvalue weighted by Gasteiger charge is -2.36. The summed E-state index contributed by atoms with van der Waals surface area (Å²) in [6, 6.07) is 14.1. The third-order valence-electron chi connectivity index (χ3n) is 5.91. The van der Waals surface area contributed by atoms with Crippen LogP contribution in [0.1, 0.15) is 31.9 Å². The topological polar surface area (TPSA) is 114 Å². The van der Waals surface area contributed by atoms with Crippen LogP contribution < -0.4 is 5.32 Å². The molecule has 0 saturated heterocycles. The highest BCUT2D eigenvalue weighted by Gasteiger charge is 2.37. The van der Waals surface area contributed by atoms with Crippen molar-refractivity contribution in [3.8, 4) is 17.3 Å². The first-order valence-corrected chi connectivity index (χ1v) is 13.4. The summed E-state index contributed by atoms with van der Waals surface area (Å²) in [6.45, 7) is 11.5. The molecule has 8 nitrogen and oxygen atoms in total. The van der Waals surface area contributed by atoms with Crippen molar-refractivity contribution >= 4 is 25.5 Å². The molecule has 3 aromatic rings. The molecule has 9 heteroatoms. The SMILES string of the molecule is CC(C)(C)[Si](C)(C)OCc1ccc(Nc2nc(-c3cnccc3C#N)ccc2[N+](=O)[O-])cc1. The minimum atomic E-state index is -1.86. The van der Waals surface area contributed by atoms with Crippen LogP contribution in [0.5, 0.6) is 0 Å². The summed E-state index contributed by atoms with van der Waals surface area (Å²) < 4.78 is 6.26. The van der Waals surface area contributed by atoms with E-state index in [-0.39, 0.29) is 16.5 Å². The number of hydrogen-bond acceptors (Lipinski definition) is 7. The Bertz CT molecular complexity index is 1200. The van der Waals surface area contributed by atoms with Crippen LogP contribution in [-0.4, -0.2) is 23.2 Å². The normalized spacial score (nSPS) is 11.6. The van der Waals surface area contributed by atoms with Gasteiger partial charge in [0.1, 0.15) is 0 Å². The van der Waals surface area contributed by atoms with Gasteiger partial charge in [0, 0.05) is 29.7 Å². The van der Waals surface area contributed by atoms with E-state index in [4.69, 9.17) is 4.43 Å². The largest absolute Gasteiger partial charge is 0.413 e. The van der Waals surface area contributed by atoms with Gasteiger partial charge in [0.15, 0.2) is 8.32 Å². The molecule has 0 bridgehead atoms. The van der Waals surface area contributed by atoms with Gasteiger partial charge in [0.25, 0.3) is 0 Å². The molecule has 0 unspecified atom stereocenters. The Morgan fingerprint density at radius 3 is 2.45 bits per heavy atom. The van der Waals surface area contributed by atoms with E-state index in [0.717, 1.165) is 5.56 Å². The molecule has 0 aliphatic rings. The first-order valence-electron chi connectivity index (χ1n) is 10.5. The van der Waals surface area contributed by atoms with E-state index in [1.54, 1.807) is 6.07 Å². The average molecular weight is 462 g/mol.